The Morgan fingerprint density at radius 1 is 1.13 bits per heavy atom. The van der Waals surface area contributed by atoms with E-state index in [1.807, 2.05) is 76.2 Å². The molecule has 3 heterocycles. The molecule has 2 aromatic carbocycles. The fraction of sp³-hybridized carbons (Fsp3) is 0.500. The van der Waals surface area contributed by atoms with Crippen LogP contribution in [0.1, 0.15) is 55.8 Å². The van der Waals surface area contributed by atoms with E-state index < -0.39 is 35.1 Å². The number of hydrogen-bond acceptors (Lipinski definition) is 5. The molecule has 3 amide bonds. The summed E-state index contributed by atoms with van der Waals surface area (Å²) >= 11 is 0. The van der Waals surface area contributed by atoms with Crippen LogP contribution in [-0.4, -0.2) is 58.1 Å². The molecule has 8 nitrogen and oxygen atoms in total. The van der Waals surface area contributed by atoms with Crippen LogP contribution < -0.4 is 10.6 Å². The van der Waals surface area contributed by atoms with Crippen molar-refractivity contribution in [2.45, 2.75) is 70.2 Å². The lowest BCUT2D eigenvalue weighted by molar-refractivity contribution is -0.148. The highest BCUT2D eigenvalue weighted by Crippen LogP contribution is 2.64. The summed E-state index contributed by atoms with van der Waals surface area (Å²) in [5, 5.41) is 16.6. The molecule has 3 fully saturated rings. The lowest BCUT2D eigenvalue weighted by atomic mass is 9.66. The summed E-state index contributed by atoms with van der Waals surface area (Å²) < 4.78 is 6.68. The second kappa shape index (κ2) is 9.82. The molecule has 6 atom stereocenters. The van der Waals surface area contributed by atoms with Crippen LogP contribution in [-0.2, 0) is 19.1 Å². The molecule has 3 aliphatic heterocycles. The second-order valence-corrected chi connectivity index (χ2v) is 11.2. The first-order chi connectivity index (χ1) is 18.2. The predicted octanol–water partition coefficient (Wildman–Crippen LogP) is 3.27. The Kier molecular flexibility index (Phi) is 6.82. The molecule has 2 unspecified atom stereocenters. The fourth-order valence-electron chi connectivity index (χ4n) is 6.86. The van der Waals surface area contributed by atoms with Gasteiger partial charge in [-0.1, -0.05) is 49.4 Å². The number of benzene rings is 2. The predicted molar refractivity (Wildman–Crippen MR) is 143 cm³/mol. The average molecular weight is 520 g/mol. The summed E-state index contributed by atoms with van der Waals surface area (Å²) in [6.07, 6.45) is 1.82. The van der Waals surface area contributed by atoms with Crippen LogP contribution in [0.25, 0.3) is 0 Å². The van der Waals surface area contributed by atoms with Gasteiger partial charge in [-0.2, -0.15) is 0 Å². The molecule has 0 aliphatic carbocycles. The first-order valence-electron chi connectivity index (χ1n) is 13.5. The van der Waals surface area contributed by atoms with Crippen molar-refractivity contribution in [1.29, 1.82) is 0 Å². The number of nitrogens with one attached hydrogen (secondary N) is 2. The zero-order valence-corrected chi connectivity index (χ0v) is 22.5. The molecule has 0 aromatic heterocycles. The van der Waals surface area contributed by atoms with Crippen LogP contribution in [0.2, 0.25) is 0 Å². The van der Waals surface area contributed by atoms with Gasteiger partial charge in [0.25, 0.3) is 0 Å². The standard InChI is InChI=1S/C30H37N3O5/c1-5-15-31-26(35)23-24-28(37)33(22(17-34)20-9-7-6-8-10-20)25(30(24)14-13-29(23,4)38-30)27(36)32-21-16-18(2)11-12-19(21)3/h6-12,16,22-25,34H,5,13-15,17H2,1-4H3,(H,31,35)(H,32,36)/t22-,23+,24+,25?,29-,30?/m1/s1. The van der Waals surface area contributed by atoms with Gasteiger partial charge >= 0.3 is 0 Å². The highest BCUT2D eigenvalue weighted by Gasteiger charge is 2.78. The first-order valence-corrected chi connectivity index (χ1v) is 13.5. The molecule has 3 N–H and O–H groups in total. The highest BCUT2D eigenvalue weighted by molar-refractivity contribution is 6.04. The van der Waals surface area contributed by atoms with Gasteiger partial charge in [-0.05, 0) is 62.8 Å². The van der Waals surface area contributed by atoms with E-state index in [9.17, 15) is 19.5 Å². The molecule has 8 heteroatoms. The third-order valence-corrected chi connectivity index (χ3v) is 8.64. The average Bonchev–Trinajstić information content (AvgIpc) is 3.47. The highest BCUT2D eigenvalue weighted by atomic mass is 16.5. The van der Waals surface area contributed by atoms with E-state index in [1.165, 1.54) is 4.90 Å². The van der Waals surface area contributed by atoms with E-state index in [1.54, 1.807) is 0 Å². The summed E-state index contributed by atoms with van der Waals surface area (Å²) in [5.41, 5.74) is 1.27. The monoisotopic (exact) mass is 519 g/mol. The van der Waals surface area contributed by atoms with Crippen molar-refractivity contribution in [3.63, 3.8) is 0 Å². The Bertz CT molecular complexity index is 1250. The van der Waals surface area contributed by atoms with Gasteiger partial charge in [-0.15, -0.1) is 0 Å². The maximum atomic E-state index is 14.3. The number of amides is 3. The number of fused-ring (bicyclic) bond motifs is 1. The normalized spacial score (nSPS) is 30.3. The molecular weight excluding hydrogens is 482 g/mol. The molecule has 0 saturated carbocycles. The number of likely N-dealkylation sites (tertiary alicyclic amines) is 1. The van der Waals surface area contributed by atoms with Crippen LogP contribution in [0.4, 0.5) is 5.69 Å². The first kappa shape index (κ1) is 26.4. The van der Waals surface area contributed by atoms with E-state index in [0.29, 0.717) is 25.1 Å². The molecule has 0 radical (unpaired) electrons. The van der Waals surface area contributed by atoms with Crippen molar-refractivity contribution in [2.75, 3.05) is 18.5 Å². The number of aliphatic hydroxyl groups is 1. The van der Waals surface area contributed by atoms with Crippen molar-refractivity contribution in [2.24, 2.45) is 11.8 Å². The molecule has 2 bridgehead atoms. The third-order valence-electron chi connectivity index (χ3n) is 8.64. The quantitative estimate of drug-likeness (QED) is 0.496. The number of aryl methyl sites for hydroxylation is 2. The number of hydrogen-bond donors (Lipinski definition) is 3. The number of nitrogens with zero attached hydrogens (tertiary/aromatic N) is 1. The van der Waals surface area contributed by atoms with Crippen molar-refractivity contribution in [3.05, 3.63) is 65.2 Å². The van der Waals surface area contributed by atoms with Crippen LogP contribution in [0.3, 0.4) is 0 Å². The van der Waals surface area contributed by atoms with Crippen LogP contribution >= 0.6 is 0 Å². The van der Waals surface area contributed by atoms with Gasteiger partial charge in [0.2, 0.25) is 17.7 Å². The molecule has 3 aliphatic rings. The van der Waals surface area contributed by atoms with Crippen molar-refractivity contribution in [1.82, 2.24) is 10.2 Å². The smallest absolute Gasteiger partial charge is 0.250 e. The summed E-state index contributed by atoms with van der Waals surface area (Å²) in [5.74, 6) is -2.45. The van der Waals surface area contributed by atoms with E-state index in [-0.39, 0.29) is 24.3 Å². The van der Waals surface area contributed by atoms with Gasteiger partial charge in [0.05, 0.1) is 30.1 Å². The topological polar surface area (TPSA) is 108 Å². The molecule has 38 heavy (non-hydrogen) atoms. The number of carbonyl (C=O) groups is 3. The lowest BCUT2D eigenvalue weighted by Gasteiger charge is -2.37. The third kappa shape index (κ3) is 4.01. The number of rotatable bonds is 8. The zero-order valence-electron chi connectivity index (χ0n) is 22.5. The Morgan fingerprint density at radius 2 is 1.87 bits per heavy atom. The van der Waals surface area contributed by atoms with E-state index in [2.05, 4.69) is 10.6 Å². The molecule has 5 rings (SSSR count). The Balaban J connectivity index is 1.61. The molecule has 3 saturated heterocycles. The molecule has 1 spiro atoms. The molecular formula is C30H37N3O5. The number of ether oxygens (including phenoxy) is 1. The van der Waals surface area contributed by atoms with Crippen molar-refractivity contribution >= 4 is 23.4 Å². The van der Waals surface area contributed by atoms with E-state index >= 15 is 0 Å². The molecule has 2 aromatic rings. The van der Waals surface area contributed by atoms with Gasteiger partial charge in [0.15, 0.2) is 0 Å². The zero-order chi connectivity index (χ0) is 27.2. The minimum absolute atomic E-state index is 0.218. The maximum absolute atomic E-state index is 14.3. The largest absolute Gasteiger partial charge is 0.394 e. The maximum Gasteiger partial charge on any atom is 0.250 e. The minimum Gasteiger partial charge on any atom is -0.394 e. The van der Waals surface area contributed by atoms with Crippen LogP contribution in [0.15, 0.2) is 48.5 Å². The van der Waals surface area contributed by atoms with Gasteiger partial charge in [-0.25, -0.2) is 0 Å². The van der Waals surface area contributed by atoms with Gasteiger partial charge < -0.3 is 25.4 Å². The molecule has 202 valence electrons. The van der Waals surface area contributed by atoms with Gasteiger partial charge in [0.1, 0.15) is 11.6 Å². The van der Waals surface area contributed by atoms with Gasteiger partial charge in [-0.3, -0.25) is 14.4 Å². The van der Waals surface area contributed by atoms with E-state index in [4.69, 9.17) is 4.74 Å². The summed E-state index contributed by atoms with van der Waals surface area (Å²) in [7, 11) is 0. The van der Waals surface area contributed by atoms with E-state index in [0.717, 1.165) is 23.1 Å². The summed E-state index contributed by atoms with van der Waals surface area (Å²) in [6, 6.07) is 13.3. The van der Waals surface area contributed by atoms with Gasteiger partial charge in [0, 0.05) is 12.2 Å². The number of carbonyl (C=O) groups excluding carboxylic acids is 3. The summed E-state index contributed by atoms with van der Waals surface area (Å²) in [4.78, 5) is 43.5. The van der Waals surface area contributed by atoms with Crippen molar-refractivity contribution < 1.29 is 24.2 Å². The SMILES string of the molecule is CCCNC(=O)[C@@H]1[C@H]2C(=O)N([C@H](CO)c3ccccc3)C(C(=O)Nc3cc(C)ccc3C)C23CC[C@@]1(C)O3. The van der Waals surface area contributed by atoms with Crippen LogP contribution in [0.5, 0.6) is 0 Å². The lowest BCUT2D eigenvalue weighted by Crippen LogP contribution is -2.54. The summed E-state index contributed by atoms with van der Waals surface area (Å²) in [6.45, 7) is 7.87. The second-order valence-electron chi connectivity index (χ2n) is 11.2. The Labute approximate surface area is 223 Å². The Hall–Kier alpha value is -3.23. The fourth-order valence-corrected chi connectivity index (χ4v) is 6.86. The Morgan fingerprint density at radius 3 is 2.55 bits per heavy atom. The van der Waals surface area contributed by atoms with Crippen LogP contribution in [0, 0.1) is 25.7 Å². The minimum atomic E-state index is -1.16. The number of anilines is 1. The van der Waals surface area contributed by atoms with Crippen molar-refractivity contribution in [3.8, 4) is 0 Å². The number of aliphatic hydroxyl groups excluding tert-OH is 1.